The topological polar surface area (TPSA) is 63.2 Å². The predicted molar refractivity (Wildman–Crippen MR) is 108 cm³/mol. The van der Waals surface area contributed by atoms with E-state index in [0.717, 1.165) is 57.1 Å². The van der Waals surface area contributed by atoms with E-state index in [2.05, 4.69) is 45.9 Å². The maximum absolute atomic E-state index is 5.81. The van der Waals surface area contributed by atoms with Crippen LogP contribution in [0.2, 0.25) is 0 Å². The van der Waals surface area contributed by atoms with Gasteiger partial charge >= 0.3 is 0 Å². The fourth-order valence-electron chi connectivity index (χ4n) is 4.34. The number of piperazine rings is 1. The number of likely N-dealkylation sites (N-methyl/N-ethyl adjacent to an activating group) is 1. The van der Waals surface area contributed by atoms with E-state index < -0.39 is 0 Å². The molecule has 144 valence electrons. The highest BCUT2D eigenvalue weighted by atomic mass is 15.3. The Morgan fingerprint density at radius 3 is 2.59 bits per heavy atom. The fraction of sp³-hybridized carbons (Fsp3) is 0.619. The molecule has 6 heteroatoms. The van der Waals surface area contributed by atoms with Crippen LogP contribution in [0.1, 0.15) is 43.3 Å². The Bertz CT molecular complexity index is 797. The Labute approximate surface area is 161 Å². The molecular weight excluding hydrogens is 336 g/mol. The monoisotopic (exact) mass is 366 g/mol. The normalized spacial score (nSPS) is 26.2. The molecule has 0 atom stereocenters. The second-order valence-electron chi connectivity index (χ2n) is 8.58. The molecule has 0 spiro atoms. The summed E-state index contributed by atoms with van der Waals surface area (Å²) in [5.74, 6) is 2.40. The average Bonchev–Trinajstić information content (AvgIpc) is 3.41. The average molecular weight is 367 g/mol. The molecular formula is C21H30N6. The summed E-state index contributed by atoms with van der Waals surface area (Å²) in [6.07, 6.45) is 7.10. The number of hydrogen-bond acceptors (Lipinski definition) is 5. The van der Waals surface area contributed by atoms with Crippen LogP contribution in [0.4, 0.5) is 5.82 Å². The fourth-order valence-corrected chi connectivity index (χ4v) is 4.34. The summed E-state index contributed by atoms with van der Waals surface area (Å²) < 4.78 is 2.21. The van der Waals surface area contributed by atoms with E-state index in [1.165, 1.54) is 24.1 Å². The highest BCUT2D eigenvalue weighted by molar-refractivity contribution is 5.65. The minimum absolute atomic E-state index is 0.519. The number of pyridine rings is 1. The first kappa shape index (κ1) is 17.2. The lowest BCUT2D eigenvalue weighted by molar-refractivity contribution is 0.189. The van der Waals surface area contributed by atoms with Crippen molar-refractivity contribution in [3.63, 3.8) is 0 Å². The number of anilines is 1. The minimum atomic E-state index is 0.519. The lowest BCUT2D eigenvalue weighted by Crippen LogP contribution is -2.44. The van der Waals surface area contributed by atoms with E-state index >= 15 is 0 Å². The van der Waals surface area contributed by atoms with Crippen LogP contribution in [0.5, 0.6) is 0 Å². The van der Waals surface area contributed by atoms with Crippen LogP contribution in [0.15, 0.2) is 24.4 Å². The zero-order valence-corrected chi connectivity index (χ0v) is 16.2. The molecule has 2 aromatic rings. The first-order valence-electron chi connectivity index (χ1n) is 10.4. The number of nitrogens with two attached hydrogens (primary N) is 1. The largest absolute Gasteiger partial charge is 0.354 e. The van der Waals surface area contributed by atoms with Crippen LogP contribution < -0.4 is 10.6 Å². The summed E-state index contributed by atoms with van der Waals surface area (Å²) in [6, 6.07) is 6.97. The molecule has 1 aliphatic heterocycles. The van der Waals surface area contributed by atoms with Crippen LogP contribution in [-0.2, 0) is 0 Å². The van der Waals surface area contributed by atoms with Crippen molar-refractivity contribution in [1.29, 1.82) is 0 Å². The molecule has 5 rings (SSSR count). The summed E-state index contributed by atoms with van der Waals surface area (Å²) >= 11 is 0. The van der Waals surface area contributed by atoms with Gasteiger partial charge in [-0.05, 0) is 57.3 Å². The molecule has 0 unspecified atom stereocenters. The standard InChI is InChI=1S/C21H30N6/c1-25-7-9-26(10-8-25)20-4-2-3-19(23-20)18-14-27(17-11-15(12-17)13-22)24-21(18)16-5-6-16/h2-4,14-17H,5-13,22H2,1H3/t15-,17+. The van der Waals surface area contributed by atoms with Gasteiger partial charge < -0.3 is 15.5 Å². The van der Waals surface area contributed by atoms with Gasteiger partial charge in [-0.25, -0.2) is 4.98 Å². The van der Waals surface area contributed by atoms with Crippen molar-refractivity contribution >= 4 is 5.82 Å². The second-order valence-corrected chi connectivity index (χ2v) is 8.58. The van der Waals surface area contributed by atoms with Gasteiger partial charge in [0.2, 0.25) is 0 Å². The SMILES string of the molecule is CN1CCN(c2cccc(-c3cn([C@H]4C[C@@H](CN)C4)nc3C3CC3)n2)CC1. The molecule has 2 aliphatic carbocycles. The quantitative estimate of drug-likeness (QED) is 0.881. The van der Waals surface area contributed by atoms with E-state index in [1.807, 2.05) is 0 Å². The van der Waals surface area contributed by atoms with E-state index in [1.54, 1.807) is 0 Å². The lowest BCUT2D eigenvalue weighted by Gasteiger charge is -2.34. The van der Waals surface area contributed by atoms with Gasteiger partial charge in [0.05, 0.1) is 17.4 Å². The Morgan fingerprint density at radius 2 is 1.89 bits per heavy atom. The van der Waals surface area contributed by atoms with Crippen LogP contribution in [0.3, 0.4) is 0 Å². The van der Waals surface area contributed by atoms with E-state index in [0.29, 0.717) is 17.9 Å². The molecule has 2 aromatic heterocycles. The Hall–Kier alpha value is -1.92. The van der Waals surface area contributed by atoms with Crippen molar-refractivity contribution in [2.45, 2.75) is 37.6 Å². The van der Waals surface area contributed by atoms with Gasteiger partial charge in [0.25, 0.3) is 0 Å². The molecule has 27 heavy (non-hydrogen) atoms. The summed E-state index contributed by atoms with van der Waals surface area (Å²) in [5.41, 5.74) is 9.38. The van der Waals surface area contributed by atoms with Gasteiger partial charge in [0, 0.05) is 43.9 Å². The maximum atomic E-state index is 5.81. The van der Waals surface area contributed by atoms with Crippen molar-refractivity contribution in [1.82, 2.24) is 19.7 Å². The third-order valence-corrected chi connectivity index (χ3v) is 6.48. The first-order chi connectivity index (χ1) is 13.2. The van der Waals surface area contributed by atoms with Crippen molar-refractivity contribution in [2.24, 2.45) is 11.7 Å². The number of hydrogen-bond donors (Lipinski definition) is 1. The molecule has 3 aliphatic rings. The molecule has 0 radical (unpaired) electrons. The molecule has 0 bridgehead atoms. The van der Waals surface area contributed by atoms with Gasteiger partial charge in [-0.3, -0.25) is 4.68 Å². The zero-order chi connectivity index (χ0) is 18.4. The summed E-state index contributed by atoms with van der Waals surface area (Å²) in [6.45, 7) is 5.09. The van der Waals surface area contributed by atoms with Gasteiger partial charge in [-0.1, -0.05) is 6.07 Å². The van der Waals surface area contributed by atoms with Gasteiger partial charge in [0.15, 0.2) is 0 Å². The number of nitrogens with zero attached hydrogens (tertiary/aromatic N) is 5. The second kappa shape index (κ2) is 6.91. The molecule has 0 amide bonds. The molecule has 6 nitrogen and oxygen atoms in total. The van der Waals surface area contributed by atoms with E-state index in [-0.39, 0.29) is 0 Å². The summed E-state index contributed by atoms with van der Waals surface area (Å²) in [4.78, 5) is 9.83. The van der Waals surface area contributed by atoms with Crippen LogP contribution in [0, 0.1) is 5.92 Å². The maximum Gasteiger partial charge on any atom is 0.129 e. The van der Waals surface area contributed by atoms with E-state index in [4.69, 9.17) is 15.8 Å². The third kappa shape index (κ3) is 3.36. The van der Waals surface area contributed by atoms with Gasteiger partial charge in [0.1, 0.15) is 5.82 Å². The van der Waals surface area contributed by atoms with Crippen LogP contribution >= 0.6 is 0 Å². The Balaban J connectivity index is 1.42. The molecule has 0 aromatic carbocycles. The smallest absolute Gasteiger partial charge is 0.129 e. The Kier molecular flexibility index (Phi) is 4.40. The molecule has 2 saturated carbocycles. The molecule has 3 heterocycles. The summed E-state index contributed by atoms with van der Waals surface area (Å²) in [7, 11) is 2.19. The number of rotatable bonds is 5. The highest BCUT2D eigenvalue weighted by Crippen LogP contribution is 2.45. The van der Waals surface area contributed by atoms with Gasteiger partial charge in [-0.15, -0.1) is 0 Å². The van der Waals surface area contributed by atoms with E-state index in [9.17, 15) is 0 Å². The van der Waals surface area contributed by atoms with Crippen molar-refractivity contribution in [3.05, 3.63) is 30.1 Å². The third-order valence-electron chi connectivity index (χ3n) is 6.48. The highest BCUT2D eigenvalue weighted by Gasteiger charge is 2.34. The van der Waals surface area contributed by atoms with Crippen molar-refractivity contribution < 1.29 is 0 Å². The van der Waals surface area contributed by atoms with Crippen LogP contribution in [-0.4, -0.2) is 59.4 Å². The van der Waals surface area contributed by atoms with Crippen LogP contribution in [0.25, 0.3) is 11.3 Å². The molecule has 1 saturated heterocycles. The van der Waals surface area contributed by atoms with Gasteiger partial charge in [-0.2, -0.15) is 5.10 Å². The Morgan fingerprint density at radius 1 is 1.11 bits per heavy atom. The minimum Gasteiger partial charge on any atom is -0.354 e. The first-order valence-corrected chi connectivity index (χ1v) is 10.4. The number of aromatic nitrogens is 3. The molecule has 2 N–H and O–H groups in total. The van der Waals surface area contributed by atoms with Crippen molar-refractivity contribution in [3.8, 4) is 11.3 Å². The predicted octanol–water partition coefficient (Wildman–Crippen LogP) is 2.48. The summed E-state index contributed by atoms with van der Waals surface area (Å²) in [5, 5.41) is 5.01. The zero-order valence-electron chi connectivity index (χ0n) is 16.2. The lowest BCUT2D eigenvalue weighted by atomic mass is 9.80. The van der Waals surface area contributed by atoms with Crippen molar-refractivity contribution in [2.75, 3.05) is 44.7 Å². The molecule has 3 fully saturated rings.